The van der Waals surface area contributed by atoms with Crippen LogP contribution in [0.4, 0.5) is 4.39 Å². The van der Waals surface area contributed by atoms with Gasteiger partial charge in [0.15, 0.2) is 0 Å². The number of benzene rings is 1. The van der Waals surface area contributed by atoms with E-state index in [4.69, 9.17) is 4.74 Å². The molecule has 0 aliphatic carbocycles. The summed E-state index contributed by atoms with van der Waals surface area (Å²) in [4.78, 5) is 13.9. The molecule has 0 spiro atoms. The first-order valence-corrected chi connectivity index (χ1v) is 6.24. The van der Waals surface area contributed by atoms with Crippen LogP contribution in [0.25, 0.3) is 0 Å². The van der Waals surface area contributed by atoms with Crippen molar-refractivity contribution in [2.45, 2.75) is 13.0 Å². The molecule has 0 saturated carbocycles. The van der Waals surface area contributed by atoms with Gasteiger partial charge in [0.25, 0.3) is 5.91 Å². The summed E-state index contributed by atoms with van der Waals surface area (Å²) in [5.41, 5.74) is 0.360. The highest BCUT2D eigenvalue weighted by Crippen LogP contribution is 2.22. The average Bonchev–Trinajstić information content (AvgIpc) is 2.32. The van der Waals surface area contributed by atoms with E-state index in [0.29, 0.717) is 25.3 Å². The predicted octanol–water partition coefficient (Wildman–Crippen LogP) is 2.45. The minimum atomic E-state index is -0.419. The first-order chi connectivity index (χ1) is 8.09. The lowest BCUT2D eigenvalue weighted by atomic mass is 10.1. The second-order valence-electron chi connectivity index (χ2n) is 4.03. The molecular weight excluding hydrogens is 289 g/mol. The van der Waals surface area contributed by atoms with Crippen molar-refractivity contribution in [1.82, 2.24) is 4.90 Å². The first-order valence-electron chi connectivity index (χ1n) is 5.44. The number of hydrogen-bond acceptors (Lipinski definition) is 2. The summed E-state index contributed by atoms with van der Waals surface area (Å²) < 4.78 is 18.9. The van der Waals surface area contributed by atoms with Gasteiger partial charge in [-0.1, -0.05) is 6.07 Å². The van der Waals surface area contributed by atoms with Crippen molar-refractivity contribution in [3.05, 3.63) is 34.1 Å². The quantitative estimate of drug-likeness (QED) is 0.797. The normalized spacial score (nSPS) is 20.4. The predicted molar refractivity (Wildman–Crippen MR) is 65.4 cm³/mol. The highest BCUT2D eigenvalue weighted by molar-refractivity contribution is 9.10. The summed E-state index contributed by atoms with van der Waals surface area (Å²) in [6.07, 6.45) is 0.0278. The number of carbonyl (C=O) groups is 1. The Hall–Kier alpha value is -0.940. The van der Waals surface area contributed by atoms with Crippen molar-refractivity contribution in [3.63, 3.8) is 0 Å². The van der Waals surface area contributed by atoms with E-state index in [2.05, 4.69) is 15.9 Å². The van der Waals surface area contributed by atoms with Crippen LogP contribution in [0.1, 0.15) is 17.3 Å². The van der Waals surface area contributed by atoms with E-state index >= 15 is 0 Å². The van der Waals surface area contributed by atoms with E-state index < -0.39 is 5.82 Å². The highest BCUT2D eigenvalue weighted by atomic mass is 79.9. The molecule has 17 heavy (non-hydrogen) atoms. The number of nitrogens with zero attached hydrogens (tertiary/aromatic N) is 1. The Morgan fingerprint density at radius 3 is 3.06 bits per heavy atom. The van der Waals surface area contributed by atoms with Crippen LogP contribution >= 0.6 is 15.9 Å². The van der Waals surface area contributed by atoms with Crippen LogP contribution in [0.15, 0.2) is 22.7 Å². The summed E-state index contributed by atoms with van der Waals surface area (Å²) >= 11 is 3.11. The molecule has 1 aromatic carbocycles. The van der Waals surface area contributed by atoms with Crippen molar-refractivity contribution in [2.75, 3.05) is 19.7 Å². The Morgan fingerprint density at radius 1 is 1.59 bits per heavy atom. The molecule has 5 heteroatoms. The van der Waals surface area contributed by atoms with Gasteiger partial charge in [0.2, 0.25) is 0 Å². The number of morpholine rings is 1. The Labute approximate surface area is 108 Å². The smallest absolute Gasteiger partial charge is 0.255 e. The zero-order chi connectivity index (χ0) is 12.4. The number of halogens is 2. The maximum atomic E-state index is 13.3. The maximum absolute atomic E-state index is 13.3. The summed E-state index contributed by atoms with van der Waals surface area (Å²) in [6.45, 7) is 3.54. The summed E-state index contributed by atoms with van der Waals surface area (Å²) in [6, 6.07) is 4.48. The molecule has 92 valence electrons. The fourth-order valence-electron chi connectivity index (χ4n) is 1.84. The number of ether oxygens (including phenoxy) is 1. The van der Waals surface area contributed by atoms with E-state index in [-0.39, 0.29) is 16.5 Å². The van der Waals surface area contributed by atoms with Gasteiger partial charge < -0.3 is 9.64 Å². The summed E-state index contributed by atoms with van der Waals surface area (Å²) in [5, 5.41) is 0. The van der Waals surface area contributed by atoms with Gasteiger partial charge in [-0.15, -0.1) is 0 Å². The Kier molecular flexibility index (Phi) is 3.79. The van der Waals surface area contributed by atoms with Crippen molar-refractivity contribution in [1.29, 1.82) is 0 Å². The molecule has 0 radical (unpaired) electrons. The Bertz CT molecular complexity index is 439. The summed E-state index contributed by atoms with van der Waals surface area (Å²) in [7, 11) is 0. The van der Waals surface area contributed by atoms with Gasteiger partial charge in [-0.2, -0.15) is 0 Å². The SMILES string of the molecule is C[C@H]1CN(C(=O)c2cccc(F)c2Br)CCO1. The van der Waals surface area contributed by atoms with Crippen molar-refractivity contribution < 1.29 is 13.9 Å². The van der Waals surface area contributed by atoms with Crippen LogP contribution in [0.5, 0.6) is 0 Å². The molecule has 1 aromatic rings. The molecule has 2 rings (SSSR count). The third-order valence-corrected chi connectivity index (χ3v) is 3.52. The topological polar surface area (TPSA) is 29.5 Å². The van der Waals surface area contributed by atoms with E-state index in [1.54, 1.807) is 11.0 Å². The molecule has 0 bridgehead atoms. The zero-order valence-corrected chi connectivity index (χ0v) is 11.0. The Balaban J connectivity index is 2.22. The van der Waals surface area contributed by atoms with Gasteiger partial charge in [0, 0.05) is 13.1 Å². The first kappa shape index (κ1) is 12.5. The number of rotatable bonds is 1. The number of amides is 1. The maximum Gasteiger partial charge on any atom is 0.255 e. The molecule has 1 fully saturated rings. The Morgan fingerprint density at radius 2 is 2.35 bits per heavy atom. The van der Waals surface area contributed by atoms with Crippen molar-refractivity contribution in [2.24, 2.45) is 0 Å². The van der Waals surface area contributed by atoms with E-state index in [0.717, 1.165) is 0 Å². The highest BCUT2D eigenvalue weighted by Gasteiger charge is 2.24. The lowest BCUT2D eigenvalue weighted by Gasteiger charge is -2.31. The van der Waals surface area contributed by atoms with Crippen LogP contribution in [-0.2, 0) is 4.74 Å². The van der Waals surface area contributed by atoms with Gasteiger partial charge >= 0.3 is 0 Å². The van der Waals surface area contributed by atoms with Crippen LogP contribution < -0.4 is 0 Å². The average molecular weight is 302 g/mol. The van der Waals surface area contributed by atoms with Gasteiger partial charge in [-0.3, -0.25) is 4.79 Å². The lowest BCUT2D eigenvalue weighted by molar-refractivity contribution is -0.0124. The van der Waals surface area contributed by atoms with Crippen molar-refractivity contribution >= 4 is 21.8 Å². The summed E-state index contributed by atoms with van der Waals surface area (Å²) in [5.74, 6) is -0.580. The minimum Gasteiger partial charge on any atom is -0.375 e. The number of carbonyl (C=O) groups excluding carboxylic acids is 1. The molecule has 3 nitrogen and oxygen atoms in total. The second kappa shape index (κ2) is 5.14. The molecular formula is C12H13BrFNO2. The fourth-order valence-corrected chi connectivity index (χ4v) is 2.28. The van der Waals surface area contributed by atoms with Crippen molar-refractivity contribution in [3.8, 4) is 0 Å². The second-order valence-corrected chi connectivity index (χ2v) is 4.83. The number of hydrogen-bond donors (Lipinski definition) is 0. The minimum absolute atomic E-state index is 0.0278. The van der Waals surface area contributed by atoms with Gasteiger partial charge in [-0.05, 0) is 35.0 Å². The molecule has 1 heterocycles. The van der Waals surface area contributed by atoms with E-state index in [9.17, 15) is 9.18 Å². The molecule has 1 aliphatic rings. The molecule has 0 unspecified atom stereocenters. The molecule has 1 amide bonds. The standard InChI is InChI=1S/C12H13BrFNO2/c1-8-7-15(5-6-17-8)12(16)9-3-2-4-10(14)11(9)13/h2-4,8H,5-7H2,1H3/t8-/m0/s1. The lowest BCUT2D eigenvalue weighted by Crippen LogP contribution is -2.44. The molecule has 1 atom stereocenters. The third-order valence-electron chi connectivity index (χ3n) is 2.71. The van der Waals surface area contributed by atoms with Crippen LogP contribution in [0, 0.1) is 5.82 Å². The third kappa shape index (κ3) is 2.66. The van der Waals surface area contributed by atoms with Gasteiger partial charge in [-0.25, -0.2) is 4.39 Å². The molecule has 1 saturated heterocycles. The molecule has 1 aliphatic heterocycles. The van der Waals surface area contributed by atoms with Crippen LogP contribution in [-0.4, -0.2) is 36.6 Å². The van der Waals surface area contributed by atoms with E-state index in [1.165, 1.54) is 12.1 Å². The van der Waals surface area contributed by atoms with Gasteiger partial charge in [0.05, 0.1) is 22.7 Å². The van der Waals surface area contributed by atoms with Crippen LogP contribution in [0.2, 0.25) is 0 Å². The fraction of sp³-hybridized carbons (Fsp3) is 0.417. The molecule has 0 aromatic heterocycles. The van der Waals surface area contributed by atoms with E-state index in [1.807, 2.05) is 6.92 Å². The monoisotopic (exact) mass is 301 g/mol. The van der Waals surface area contributed by atoms with Crippen LogP contribution in [0.3, 0.4) is 0 Å². The van der Waals surface area contributed by atoms with Gasteiger partial charge in [0.1, 0.15) is 5.82 Å². The molecule has 0 N–H and O–H groups in total. The zero-order valence-electron chi connectivity index (χ0n) is 9.45. The largest absolute Gasteiger partial charge is 0.375 e.